The van der Waals surface area contributed by atoms with Gasteiger partial charge in [-0.05, 0) is 54.4 Å². The van der Waals surface area contributed by atoms with E-state index in [2.05, 4.69) is 5.32 Å². The van der Waals surface area contributed by atoms with Gasteiger partial charge < -0.3 is 10.4 Å². The second-order valence-corrected chi connectivity index (χ2v) is 7.23. The number of fused-ring (bicyclic) bond motifs is 1. The van der Waals surface area contributed by atoms with Crippen molar-refractivity contribution in [3.63, 3.8) is 0 Å². The van der Waals surface area contributed by atoms with Crippen LogP contribution in [0.2, 0.25) is 0 Å². The zero-order valence-electron chi connectivity index (χ0n) is 16.3. The minimum absolute atomic E-state index is 0.0928. The first-order valence-electron chi connectivity index (χ1n) is 9.58. The van der Waals surface area contributed by atoms with Gasteiger partial charge in [-0.25, -0.2) is 0 Å². The summed E-state index contributed by atoms with van der Waals surface area (Å²) in [6.07, 6.45) is 0. The number of carbonyl (C=O) groups excluding carboxylic acids is 3. The molecule has 30 heavy (non-hydrogen) atoms. The standard InChI is InChI=1S/C24H20N2O4/c1-15(17-7-5-9-19(27)13-17)25-22(28)18-8-4-6-16(12-18)14-26-23(29)20-10-2-3-11-21(20)24(26)30/h2-13,15,27H,14H2,1H3,(H,25,28). The molecule has 6 heteroatoms. The lowest BCUT2D eigenvalue weighted by Gasteiger charge is -2.16. The van der Waals surface area contributed by atoms with Gasteiger partial charge in [0.2, 0.25) is 0 Å². The average molecular weight is 400 g/mol. The van der Waals surface area contributed by atoms with Crippen LogP contribution in [-0.2, 0) is 6.54 Å². The van der Waals surface area contributed by atoms with Crippen molar-refractivity contribution in [2.45, 2.75) is 19.5 Å². The lowest BCUT2D eigenvalue weighted by Crippen LogP contribution is -2.29. The van der Waals surface area contributed by atoms with Crippen molar-refractivity contribution in [3.05, 3.63) is 101 Å². The molecule has 1 aliphatic rings. The second kappa shape index (κ2) is 7.83. The van der Waals surface area contributed by atoms with E-state index in [0.717, 1.165) is 5.56 Å². The van der Waals surface area contributed by atoms with Crippen LogP contribution in [0.5, 0.6) is 5.75 Å². The first-order chi connectivity index (χ1) is 14.4. The molecular formula is C24H20N2O4. The monoisotopic (exact) mass is 400 g/mol. The van der Waals surface area contributed by atoms with E-state index in [1.165, 1.54) is 4.90 Å². The second-order valence-electron chi connectivity index (χ2n) is 7.23. The number of phenolic OH excluding ortho intramolecular Hbond substituents is 1. The molecule has 1 aliphatic heterocycles. The zero-order chi connectivity index (χ0) is 21.3. The van der Waals surface area contributed by atoms with E-state index in [1.807, 2.05) is 13.0 Å². The van der Waals surface area contributed by atoms with Crippen LogP contribution >= 0.6 is 0 Å². The molecule has 0 spiro atoms. The maximum Gasteiger partial charge on any atom is 0.261 e. The van der Waals surface area contributed by atoms with Crippen molar-refractivity contribution in [1.29, 1.82) is 0 Å². The Labute approximate surface area is 173 Å². The number of amides is 3. The number of benzene rings is 3. The number of rotatable bonds is 5. The molecule has 0 fully saturated rings. The minimum atomic E-state index is -0.331. The van der Waals surface area contributed by atoms with Gasteiger partial charge in [0, 0.05) is 5.56 Å². The van der Waals surface area contributed by atoms with E-state index < -0.39 is 0 Å². The van der Waals surface area contributed by atoms with Crippen LogP contribution in [0.25, 0.3) is 0 Å². The third-order valence-corrected chi connectivity index (χ3v) is 5.13. The van der Waals surface area contributed by atoms with Gasteiger partial charge in [-0.3, -0.25) is 19.3 Å². The van der Waals surface area contributed by atoms with Gasteiger partial charge in [0.15, 0.2) is 0 Å². The highest BCUT2D eigenvalue weighted by atomic mass is 16.3. The Morgan fingerprint density at radius 2 is 1.60 bits per heavy atom. The first kappa shape index (κ1) is 19.4. The summed E-state index contributed by atoms with van der Waals surface area (Å²) in [4.78, 5) is 39.0. The molecule has 0 bridgehead atoms. The van der Waals surface area contributed by atoms with Crippen LogP contribution in [0.1, 0.15) is 55.2 Å². The molecule has 1 heterocycles. The van der Waals surface area contributed by atoms with Crippen LogP contribution in [-0.4, -0.2) is 27.7 Å². The topological polar surface area (TPSA) is 86.7 Å². The highest BCUT2D eigenvalue weighted by molar-refractivity contribution is 6.21. The highest BCUT2D eigenvalue weighted by Crippen LogP contribution is 2.24. The number of aromatic hydroxyl groups is 1. The van der Waals surface area contributed by atoms with Crippen LogP contribution in [0.15, 0.2) is 72.8 Å². The maximum atomic E-state index is 12.7. The van der Waals surface area contributed by atoms with Crippen molar-refractivity contribution in [2.24, 2.45) is 0 Å². The van der Waals surface area contributed by atoms with Crippen molar-refractivity contribution in [2.75, 3.05) is 0 Å². The molecule has 3 aromatic carbocycles. The van der Waals surface area contributed by atoms with E-state index >= 15 is 0 Å². The van der Waals surface area contributed by atoms with E-state index in [1.54, 1.807) is 66.7 Å². The average Bonchev–Trinajstić information content (AvgIpc) is 2.99. The van der Waals surface area contributed by atoms with Gasteiger partial charge in [-0.15, -0.1) is 0 Å². The Morgan fingerprint density at radius 1 is 0.933 bits per heavy atom. The van der Waals surface area contributed by atoms with E-state index in [0.29, 0.717) is 22.3 Å². The van der Waals surface area contributed by atoms with Crippen LogP contribution in [0.3, 0.4) is 0 Å². The molecule has 1 unspecified atom stereocenters. The predicted molar refractivity (Wildman–Crippen MR) is 111 cm³/mol. The molecule has 6 nitrogen and oxygen atoms in total. The third kappa shape index (κ3) is 3.67. The smallest absolute Gasteiger partial charge is 0.261 e. The normalized spacial score (nSPS) is 13.8. The number of hydrogen-bond donors (Lipinski definition) is 2. The van der Waals surface area contributed by atoms with Crippen molar-refractivity contribution < 1.29 is 19.5 Å². The lowest BCUT2D eigenvalue weighted by atomic mass is 10.1. The number of nitrogens with zero attached hydrogens (tertiary/aromatic N) is 1. The molecule has 0 aromatic heterocycles. The highest BCUT2D eigenvalue weighted by Gasteiger charge is 2.35. The molecule has 2 N–H and O–H groups in total. The summed E-state index contributed by atoms with van der Waals surface area (Å²) < 4.78 is 0. The Bertz CT molecular complexity index is 1120. The maximum absolute atomic E-state index is 12.7. The molecule has 3 amide bonds. The fraction of sp³-hybridized carbons (Fsp3) is 0.125. The van der Waals surface area contributed by atoms with Crippen molar-refractivity contribution in [3.8, 4) is 5.75 Å². The minimum Gasteiger partial charge on any atom is -0.508 e. The van der Waals surface area contributed by atoms with E-state index in [9.17, 15) is 19.5 Å². The molecule has 0 saturated heterocycles. The number of phenols is 1. The number of carbonyl (C=O) groups is 3. The van der Waals surface area contributed by atoms with Crippen LogP contribution in [0, 0.1) is 0 Å². The van der Waals surface area contributed by atoms with Gasteiger partial charge in [0.1, 0.15) is 5.75 Å². The SMILES string of the molecule is CC(NC(=O)c1cccc(CN2C(=O)c3ccccc3C2=O)c1)c1cccc(O)c1. The number of nitrogens with one attached hydrogen (secondary N) is 1. The Kier molecular flexibility index (Phi) is 5.06. The van der Waals surface area contributed by atoms with Gasteiger partial charge >= 0.3 is 0 Å². The van der Waals surface area contributed by atoms with Crippen molar-refractivity contribution in [1.82, 2.24) is 10.2 Å². The van der Waals surface area contributed by atoms with Crippen molar-refractivity contribution >= 4 is 17.7 Å². The Balaban J connectivity index is 1.49. The summed E-state index contributed by atoms with van der Waals surface area (Å²) >= 11 is 0. The lowest BCUT2D eigenvalue weighted by molar-refractivity contribution is 0.0642. The Hall–Kier alpha value is -3.93. The van der Waals surface area contributed by atoms with E-state index in [-0.39, 0.29) is 36.1 Å². The molecule has 3 aromatic rings. The fourth-order valence-corrected chi connectivity index (χ4v) is 3.53. The molecule has 0 saturated carbocycles. The molecule has 1 atom stereocenters. The van der Waals surface area contributed by atoms with Gasteiger partial charge in [-0.2, -0.15) is 0 Å². The van der Waals surface area contributed by atoms with Gasteiger partial charge in [0.05, 0.1) is 23.7 Å². The predicted octanol–water partition coefficient (Wildman–Crippen LogP) is 3.68. The summed E-state index contributed by atoms with van der Waals surface area (Å²) in [5.74, 6) is -0.808. The van der Waals surface area contributed by atoms with Gasteiger partial charge in [-0.1, -0.05) is 36.4 Å². The molecule has 0 aliphatic carbocycles. The summed E-state index contributed by atoms with van der Waals surface area (Å²) in [7, 11) is 0. The molecule has 0 radical (unpaired) electrons. The summed E-state index contributed by atoms with van der Waals surface area (Å²) in [5, 5.41) is 12.5. The number of hydrogen-bond acceptors (Lipinski definition) is 4. The molecular weight excluding hydrogens is 380 g/mol. The Morgan fingerprint density at radius 3 is 2.27 bits per heavy atom. The summed E-state index contributed by atoms with van der Waals surface area (Å²) in [6.45, 7) is 1.92. The summed E-state index contributed by atoms with van der Waals surface area (Å²) in [5.41, 5.74) is 2.69. The van der Waals surface area contributed by atoms with E-state index in [4.69, 9.17) is 0 Å². The molecule has 150 valence electrons. The number of imide groups is 1. The van der Waals surface area contributed by atoms with Crippen LogP contribution in [0.4, 0.5) is 0 Å². The first-order valence-corrected chi connectivity index (χ1v) is 9.58. The zero-order valence-corrected chi connectivity index (χ0v) is 16.3. The quantitative estimate of drug-likeness (QED) is 0.640. The van der Waals surface area contributed by atoms with Crippen LogP contribution < -0.4 is 5.32 Å². The summed E-state index contributed by atoms with van der Waals surface area (Å²) in [6, 6.07) is 20.0. The largest absolute Gasteiger partial charge is 0.508 e. The fourth-order valence-electron chi connectivity index (χ4n) is 3.53. The molecule has 4 rings (SSSR count). The van der Waals surface area contributed by atoms with Gasteiger partial charge in [0.25, 0.3) is 17.7 Å². The third-order valence-electron chi connectivity index (χ3n) is 5.13.